The number of benzene rings is 1. The number of thioether (sulfide) groups is 1. The first-order valence-electron chi connectivity index (χ1n) is 8.15. The van der Waals surface area contributed by atoms with E-state index in [9.17, 15) is 19.1 Å². The molecule has 0 amide bonds. The van der Waals surface area contributed by atoms with Gasteiger partial charge in [-0.05, 0) is 56.9 Å². The zero-order chi connectivity index (χ0) is 19.7. The lowest BCUT2D eigenvalue weighted by Crippen LogP contribution is -2.41. The Morgan fingerprint density at radius 3 is 2.31 bits per heavy atom. The van der Waals surface area contributed by atoms with Crippen LogP contribution in [0.1, 0.15) is 50.5 Å². The summed E-state index contributed by atoms with van der Waals surface area (Å²) in [4.78, 5) is 22.8. The lowest BCUT2D eigenvalue weighted by atomic mass is 9.78. The summed E-state index contributed by atoms with van der Waals surface area (Å²) >= 11 is 1.06. The Balaban J connectivity index is 2.46. The van der Waals surface area contributed by atoms with Gasteiger partial charge in [0.2, 0.25) is 0 Å². The molecule has 140 valence electrons. The van der Waals surface area contributed by atoms with Gasteiger partial charge in [-0.2, -0.15) is 0 Å². The molecule has 0 radical (unpaired) electrons. The summed E-state index contributed by atoms with van der Waals surface area (Å²) in [7, 11) is -0.753. The third kappa shape index (κ3) is 4.55. The van der Waals surface area contributed by atoms with Gasteiger partial charge in [0.05, 0.1) is 16.8 Å². The molecule has 1 aliphatic rings. The fraction of sp³-hybridized carbons (Fsp3) is 0.444. The van der Waals surface area contributed by atoms with Gasteiger partial charge in [0.15, 0.2) is 5.12 Å². The zero-order valence-corrected chi connectivity index (χ0v) is 16.3. The number of aromatic carboxylic acids is 1. The van der Waals surface area contributed by atoms with Crippen molar-refractivity contribution in [3.63, 3.8) is 0 Å². The Morgan fingerprint density at radius 1 is 1.23 bits per heavy atom. The highest BCUT2D eigenvalue weighted by Crippen LogP contribution is 2.39. The van der Waals surface area contributed by atoms with Crippen LogP contribution in [0, 0.1) is 5.82 Å². The first-order chi connectivity index (χ1) is 11.9. The van der Waals surface area contributed by atoms with Crippen LogP contribution in [0.15, 0.2) is 23.7 Å². The van der Waals surface area contributed by atoms with E-state index in [4.69, 9.17) is 9.31 Å². The molecule has 1 saturated heterocycles. The van der Waals surface area contributed by atoms with Crippen molar-refractivity contribution in [2.75, 3.05) is 5.75 Å². The second-order valence-electron chi connectivity index (χ2n) is 7.12. The van der Waals surface area contributed by atoms with Gasteiger partial charge in [0, 0.05) is 12.7 Å². The van der Waals surface area contributed by atoms with Gasteiger partial charge in [0.1, 0.15) is 5.82 Å². The van der Waals surface area contributed by atoms with E-state index >= 15 is 0 Å². The van der Waals surface area contributed by atoms with Gasteiger partial charge in [-0.15, -0.1) is 0 Å². The van der Waals surface area contributed by atoms with Crippen LogP contribution in [-0.4, -0.2) is 40.3 Å². The van der Waals surface area contributed by atoms with E-state index in [0.717, 1.165) is 23.9 Å². The molecule has 1 fully saturated rings. The van der Waals surface area contributed by atoms with E-state index < -0.39 is 30.1 Å². The maximum Gasteiger partial charge on any atom is 0.491 e. The minimum Gasteiger partial charge on any atom is -0.478 e. The highest BCUT2D eigenvalue weighted by atomic mass is 32.2. The summed E-state index contributed by atoms with van der Waals surface area (Å²) in [5, 5.41) is 9.25. The molecule has 0 aromatic heterocycles. The lowest BCUT2D eigenvalue weighted by Gasteiger charge is -2.32. The lowest BCUT2D eigenvalue weighted by molar-refractivity contribution is -0.109. The average Bonchev–Trinajstić information content (AvgIpc) is 2.71. The largest absolute Gasteiger partial charge is 0.491 e. The predicted octanol–water partition coefficient (Wildman–Crippen LogP) is 3.82. The molecule has 1 aliphatic heterocycles. The quantitative estimate of drug-likeness (QED) is 0.783. The SMILES string of the molecule is CC(=O)SCC(=Cc1cc(F)ccc1C(=O)O)B1OC(C)(C)C(C)(C)O1. The summed E-state index contributed by atoms with van der Waals surface area (Å²) in [6.07, 6.45) is 1.53. The number of carboxylic acids is 1. The van der Waals surface area contributed by atoms with Crippen molar-refractivity contribution in [3.05, 3.63) is 40.6 Å². The van der Waals surface area contributed by atoms with E-state index in [0.29, 0.717) is 5.47 Å². The molecule has 8 heteroatoms. The maximum absolute atomic E-state index is 13.7. The van der Waals surface area contributed by atoms with Gasteiger partial charge in [-0.1, -0.05) is 17.8 Å². The van der Waals surface area contributed by atoms with Crippen LogP contribution < -0.4 is 0 Å². The molecule has 1 aromatic rings. The monoisotopic (exact) mass is 380 g/mol. The summed E-state index contributed by atoms with van der Waals surface area (Å²) in [6.45, 7) is 9.03. The Hall–Kier alpha value is -1.64. The second kappa shape index (κ2) is 7.54. The van der Waals surface area contributed by atoms with Crippen LogP contribution in [0.25, 0.3) is 6.08 Å². The summed E-state index contributed by atoms with van der Waals surface area (Å²) in [5.74, 6) is -1.46. The molecule has 0 saturated carbocycles. The third-order valence-electron chi connectivity index (χ3n) is 4.58. The normalized spacial score (nSPS) is 18.8. The van der Waals surface area contributed by atoms with Gasteiger partial charge in [0.25, 0.3) is 0 Å². The van der Waals surface area contributed by atoms with Crippen LogP contribution in [0.2, 0.25) is 0 Å². The molecule has 5 nitrogen and oxygen atoms in total. The van der Waals surface area contributed by atoms with Crippen molar-refractivity contribution in [3.8, 4) is 0 Å². The number of carbonyl (C=O) groups excluding carboxylic acids is 1. The molecular formula is C18H22BFO5S. The Kier molecular flexibility index (Phi) is 6.00. The fourth-order valence-electron chi connectivity index (χ4n) is 2.40. The first-order valence-corrected chi connectivity index (χ1v) is 9.14. The van der Waals surface area contributed by atoms with E-state index in [1.807, 2.05) is 27.7 Å². The zero-order valence-electron chi connectivity index (χ0n) is 15.5. The van der Waals surface area contributed by atoms with Crippen LogP contribution in [-0.2, 0) is 14.1 Å². The van der Waals surface area contributed by atoms with Gasteiger partial charge >= 0.3 is 13.1 Å². The third-order valence-corrected chi connectivity index (χ3v) is 5.47. The standard InChI is InChI=1S/C18H22BFO5S/c1-11(21)26-10-13(19-24-17(2,3)18(4,5)25-19)8-12-9-14(20)6-7-15(12)16(22)23/h6-9H,10H2,1-5H3,(H,22,23). The van der Waals surface area contributed by atoms with Crippen LogP contribution in [0.5, 0.6) is 0 Å². The Labute approximate surface area is 157 Å². The average molecular weight is 380 g/mol. The van der Waals surface area contributed by atoms with Gasteiger partial charge < -0.3 is 14.4 Å². The molecule has 1 heterocycles. The summed E-state index contributed by atoms with van der Waals surface area (Å²) in [5.41, 5.74) is -0.443. The Bertz CT molecular complexity index is 744. The first kappa shape index (κ1) is 20.7. The number of hydrogen-bond acceptors (Lipinski definition) is 5. The van der Waals surface area contributed by atoms with Crippen molar-refractivity contribution in [2.45, 2.75) is 45.8 Å². The van der Waals surface area contributed by atoms with Crippen molar-refractivity contribution < 1.29 is 28.4 Å². The van der Waals surface area contributed by atoms with E-state index in [-0.39, 0.29) is 22.0 Å². The topological polar surface area (TPSA) is 72.8 Å². The molecule has 2 rings (SSSR count). The number of carbonyl (C=O) groups is 2. The predicted molar refractivity (Wildman–Crippen MR) is 101 cm³/mol. The number of carboxylic acid groups (broad SMARTS) is 1. The molecule has 0 unspecified atom stereocenters. The fourth-order valence-corrected chi connectivity index (χ4v) is 2.99. The Morgan fingerprint density at radius 2 is 1.81 bits per heavy atom. The van der Waals surface area contributed by atoms with E-state index in [2.05, 4.69) is 0 Å². The van der Waals surface area contributed by atoms with Gasteiger partial charge in [-0.3, -0.25) is 4.79 Å². The molecule has 0 aliphatic carbocycles. The minimum absolute atomic E-state index is 0.0340. The maximum atomic E-state index is 13.7. The minimum atomic E-state index is -1.16. The second-order valence-corrected chi connectivity index (χ2v) is 8.28. The molecule has 1 aromatic carbocycles. The van der Waals surface area contributed by atoms with E-state index in [1.54, 1.807) is 0 Å². The van der Waals surface area contributed by atoms with Gasteiger partial charge in [-0.25, -0.2) is 9.18 Å². The molecule has 1 N–H and O–H groups in total. The molecule has 0 atom stereocenters. The highest BCUT2D eigenvalue weighted by Gasteiger charge is 2.52. The van der Waals surface area contributed by atoms with Crippen molar-refractivity contribution >= 4 is 36.0 Å². The van der Waals surface area contributed by atoms with Crippen LogP contribution in [0.3, 0.4) is 0 Å². The summed E-state index contributed by atoms with van der Waals surface area (Å²) < 4.78 is 25.7. The smallest absolute Gasteiger partial charge is 0.478 e. The van der Waals surface area contributed by atoms with Crippen LogP contribution in [0.4, 0.5) is 4.39 Å². The van der Waals surface area contributed by atoms with Crippen molar-refractivity contribution in [2.24, 2.45) is 0 Å². The number of rotatable bonds is 5. The number of hydrogen-bond donors (Lipinski definition) is 1. The van der Waals surface area contributed by atoms with Crippen molar-refractivity contribution in [1.29, 1.82) is 0 Å². The molecular weight excluding hydrogens is 358 g/mol. The van der Waals surface area contributed by atoms with Crippen LogP contribution >= 0.6 is 11.8 Å². The molecule has 0 bridgehead atoms. The molecule has 0 spiro atoms. The molecule has 26 heavy (non-hydrogen) atoms. The van der Waals surface area contributed by atoms with E-state index in [1.165, 1.54) is 19.1 Å². The highest BCUT2D eigenvalue weighted by molar-refractivity contribution is 8.13. The summed E-state index contributed by atoms with van der Waals surface area (Å²) in [6, 6.07) is 3.45. The van der Waals surface area contributed by atoms with Crippen molar-refractivity contribution in [1.82, 2.24) is 0 Å². The number of halogens is 1.